The predicted molar refractivity (Wildman–Crippen MR) is 116 cm³/mol. The summed E-state index contributed by atoms with van der Waals surface area (Å²) in [6, 6.07) is 20.6. The van der Waals surface area contributed by atoms with E-state index in [-0.39, 0.29) is 15.9 Å². The predicted octanol–water partition coefficient (Wildman–Crippen LogP) is 5.15. The fraction of sp³-hybridized carbons (Fsp3) is 0.136. The quantitative estimate of drug-likeness (QED) is 0.235. The third-order valence-corrected chi connectivity index (χ3v) is 5.79. The Morgan fingerprint density at radius 1 is 1.07 bits per heavy atom. The van der Waals surface area contributed by atoms with Crippen LogP contribution in [0.2, 0.25) is 0 Å². The van der Waals surface area contributed by atoms with Gasteiger partial charge in [0, 0.05) is 35.3 Å². The van der Waals surface area contributed by atoms with Crippen LogP contribution in [0.15, 0.2) is 84.3 Å². The number of non-ortho nitro benzene ring substituents is 1. The minimum absolute atomic E-state index is 0.0367. The van der Waals surface area contributed by atoms with E-state index in [4.69, 9.17) is 0 Å². The molecule has 8 heteroatoms. The lowest BCUT2D eigenvalue weighted by Crippen LogP contribution is -2.05. The molecule has 2 heterocycles. The summed E-state index contributed by atoms with van der Waals surface area (Å²) in [6.45, 7) is 2.62. The van der Waals surface area contributed by atoms with Crippen molar-refractivity contribution < 1.29 is 4.92 Å². The normalized spacial score (nSPS) is 11.9. The summed E-state index contributed by atoms with van der Waals surface area (Å²) in [5.41, 5.74) is 2.97. The molecular weight excluding hydrogens is 398 g/mol. The summed E-state index contributed by atoms with van der Waals surface area (Å²) in [5, 5.41) is 20.7. The smallest absolute Gasteiger partial charge is 0.269 e. The Morgan fingerprint density at radius 3 is 2.63 bits per heavy atom. The average Bonchev–Trinajstić information content (AvgIpc) is 3.17. The molecule has 0 aliphatic rings. The first-order chi connectivity index (χ1) is 14.6. The van der Waals surface area contributed by atoms with Crippen LogP contribution >= 0.6 is 11.8 Å². The first-order valence-electron chi connectivity index (χ1n) is 9.40. The summed E-state index contributed by atoms with van der Waals surface area (Å²) < 4.78 is 2.06. The maximum absolute atomic E-state index is 11.1. The number of rotatable bonds is 7. The van der Waals surface area contributed by atoms with Gasteiger partial charge in [-0.1, -0.05) is 54.2 Å². The molecule has 0 bridgehead atoms. The molecule has 0 amide bonds. The van der Waals surface area contributed by atoms with Gasteiger partial charge in [-0.15, -0.1) is 10.2 Å². The van der Waals surface area contributed by atoms with Crippen LogP contribution in [0, 0.1) is 10.1 Å². The van der Waals surface area contributed by atoms with Crippen LogP contribution in [0.3, 0.4) is 0 Å². The number of nitro benzene ring substituents is 1. The molecule has 0 aliphatic carbocycles. The average molecular weight is 417 g/mol. The summed E-state index contributed by atoms with van der Waals surface area (Å²) in [5.74, 6) is 0.737. The Kier molecular flexibility index (Phi) is 5.85. The van der Waals surface area contributed by atoms with Crippen molar-refractivity contribution in [2.45, 2.75) is 23.9 Å². The highest BCUT2D eigenvalue weighted by Gasteiger charge is 2.19. The molecular formula is C22H19N5O2S. The minimum atomic E-state index is -0.376. The number of hydrogen-bond acceptors (Lipinski definition) is 6. The molecule has 7 nitrogen and oxygen atoms in total. The van der Waals surface area contributed by atoms with Crippen molar-refractivity contribution in [2.75, 3.05) is 0 Å². The largest absolute Gasteiger partial charge is 0.297 e. The number of thioether (sulfide) groups is 1. The van der Waals surface area contributed by atoms with Crippen LogP contribution in [0.4, 0.5) is 5.69 Å². The second kappa shape index (κ2) is 8.87. The van der Waals surface area contributed by atoms with Gasteiger partial charge in [0.2, 0.25) is 0 Å². The van der Waals surface area contributed by atoms with Crippen molar-refractivity contribution in [1.29, 1.82) is 0 Å². The van der Waals surface area contributed by atoms with Gasteiger partial charge in [0.05, 0.1) is 11.5 Å². The molecule has 30 heavy (non-hydrogen) atoms. The van der Waals surface area contributed by atoms with Crippen molar-refractivity contribution in [2.24, 2.45) is 0 Å². The van der Waals surface area contributed by atoms with E-state index in [1.807, 2.05) is 43.3 Å². The van der Waals surface area contributed by atoms with Gasteiger partial charge >= 0.3 is 0 Å². The number of nitrogens with zero attached hydrogens (tertiary/aromatic N) is 5. The lowest BCUT2D eigenvalue weighted by atomic mass is 10.1. The monoisotopic (exact) mass is 417 g/mol. The fourth-order valence-electron chi connectivity index (χ4n) is 3.11. The van der Waals surface area contributed by atoms with Crippen molar-refractivity contribution in [3.8, 4) is 11.4 Å². The van der Waals surface area contributed by atoms with Gasteiger partial charge in [-0.2, -0.15) is 0 Å². The highest BCUT2D eigenvalue weighted by atomic mass is 32.2. The van der Waals surface area contributed by atoms with Crippen LogP contribution in [0.25, 0.3) is 11.4 Å². The van der Waals surface area contributed by atoms with E-state index in [9.17, 15) is 10.1 Å². The molecule has 0 spiro atoms. The number of nitro groups is 1. The second-order valence-corrected chi connectivity index (χ2v) is 8.04. The summed E-state index contributed by atoms with van der Waals surface area (Å²) >= 11 is 1.52. The Balaban J connectivity index is 1.68. The Labute approximate surface area is 178 Å². The van der Waals surface area contributed by atoms with Crippen LogP contribution in [0.1, 0.15) is 23.3 Å². The zero-order chi connectivity index (χ0) is 20.9. The number of aromatic nitrogens is 4. The van der Waals surface area contributed by atoms with E-state index < -0.39 is 0 Å². The molecule has 0 radical (unpaired) electrons. The molecule has 0 saturated heterocycles. The molecule has 4 aromatic rings. The second-order valence-electron chi connectivity index (χ2n) is 6.73. The first kappa shape index (κ1) is 19.8. The zero-order valence-corrected chi connectivity index (χ0v) is 17.1. The maximum atomic E-state index is 11.1. The summed E-state index contributed by atoms with van der Waals surface area (Å²) in [6.07, 6.45) is 3.49. The highest BCUT2D eigenvalue weighted by molar-refractivity contribution is 7.99. The lowest BCUT2D eigenvalue weighted by molar-refractivity contribution is -0.384. The Bertz CT molecular complexity index is 1150. The standard InChI is InChI=1S/C22H19N5O2S/c1-16(18-9-5-11-20(13-18)27(28)29)30-22-25-24-21(19-10-6-12-23-14-19)26(22)15-17-7-3-2-4-8-17/h2-14,16H,15H2,1H3. The van der Waals surface area contributed by atoms with Crippen LogP contribution in [-0.4, -0.2) is 24.7 Å². The van der Waals surface area contributed by atoms with E-state index in [1.54, 1.807) is 24.5 Å². The molecule has 150 valence electrons. The third kappa shape index (κ3) is 4.38. The molecule has 2 aromatic heterocycles. The molecule has 2 aromatic carbocycles. The molecule has 0 aliphatic heterocycles. The van der Waals surface area contributed by atoms with Gasteiger partial charge in [0.25, 0.3) is 5.69 Å². The van der Waals surface area contributed by atoms with Crippen LogP contribution in [-0.2, 0) is 6.54 Å². The van der Waals surface area contributed by atoms with E-state index in [1.165, 1.54) is 17.8 Å². The van der Waals surface area contributed by atoms with Gasteiger partial charge in [-0.25, -0.2) is 0 Å². The molecule has 4 rings (SSSR count). The van der Waals surface area contributed by atoms with E-state index in [0.29, 0.717) is 6.54 Å². The highest BCUT2D eigenvalue weighted by Crippen LogP contribution is 2.36. The van der Waals surface area contributed by atoms with Crippen molar-refractivity contribution in [3.05, 3.63) is 100 Å². The molecule has 0 saturated carbocycles. The van der Waals surface area contributed by atoms with E-state index >= 15 is 0 Å². The fourth-order valence-corrected chi connectivity index (χ4v) is 4.08. The van der Waals surface area contributed by atoms with E-state index in [0.717, 1.165) is 27.7 Å². The number of hydrogen-bond donors (Lipinski definition) is 0. The summed E-state index contributed by atoms with van der Waals surface area (Å²) in [4.78, 5) is 14.9. The van der Waals surface area contributed by atoms with Crippen molar-refractivity contribution in [3.63, 3.8) is 0 Å². The van der Waals surface area contributed by atoms with Gasteiger partial charge in [-0.05, 0) is 30.2 Å². The van der Waals surface area contributed by atoms with Crippen LogP contribution < -0.4 is 0 Å². The molecule has 0 fully saturated rings. The third-order valence-electron chi connectivity index (χ3n) is 4.65. The molecule has 1 unspecified atom stereocenters. The van der Waals surface area contributed by atoms with Gasteiger partial charge in [-0.3, -0.25) is 19.7 Å². The Morgan fingerprint density at radius 2 is 1.90 bits per heavy atom. The van der Waals surface area contributed by atoms with Crippen molar-refractivity contribution >= 4 is 17.4 Å². The maximum Gasteiger partial charge on any atom is 0.269 e. The molecule has 1 atom stereocenters. The van der Waals surface area contributed by atoms with E-state index in [2.05, 4.69) is 31.9 Å². The minimum Gasteiger partial charge on any atom is -0.297 e. The summed E-state index contributed by atoms with van der Waals surface area (Å²) in [7, 11) is 0. The first-order valence-corrected chi connectivity index (χ1v) is 10.3. The number of pyridine rings is 1. The number of benzene rings is 2. The SMILES string of the molecule is CC(Sc1nnc(-c2cccnc2)n1Cc1ccccc1)c1cccc([N+](=O)[O-])c1. The van der Waals surface area contributed by atoms with Crippen molar-refractivity contribution in [1.82, 2.24) is 19.7 Å². The van der Waals surface area contributed by atoms with Gasteiger partial charge < -0.3 is 0 Å². The van der Waals surface area contributed by atoms with Gasteiger partial charge in [0.15, 0.2) is 11.0 Å². The van der Waals surface area contributed by atoms with Crippen LogP contribution in [0.5, 0.6) is 0 Å². The zero-order valence-electron chi connectivity index (χ0n) is 16.3. The lowest BCUT2D eigenvalue weighted by Gasteiger charge is -2.14. The molecule has 0 N–H and O–H groups in total. The Hall–Kier alpha value is -3.52. The topological polar surface area (TPSA) is 86.7 Å². The van der Waals surface area contributed by atoms with Gasteiger partial charge in [0.1, 0.15) is 0 Å².